The van der Waals surface area contributed by atoms with E-state index in [0.29, 0.717) is 6.04 Å². The normalized spacial score (nSPS) is 18.9. The molecule has 1 saturated carbocycles. The van der Waals surface area contributed by atoms with Gasteiger partial charge in [-0.3, -0.25) is 5.01 Å². The maximum Gasteiger partial charge on any atom is 0.0592 e. The molecule has 0 aromatic heterocycles. The molecule has 0 aromatic rings. The summed E-state index contributed by atoms with van der Waals surface area (Å²) in [4.78, 5) is 0. The van der Waals surface area contributed by atoms with Crippen LogP contribution in [0.1, 0.15) is 19.8 Å². The molecule has 0 aromatic carbocycles. The first-order valence-electron chi connectivity index (χ1n) is 3.45. The highest BCUT2D eigenvalue weighted by atomic mass is 15.5. The quantitative estimate of drug-likeness (QED) is 0.416. The third kappa shape index (κ3) is 2.00. The van der Waals surface area contributed by atoms with Gasteiger partial charge >= 0.3 is 0 Å². The summed E-state index contributed by atoms with van der Waals surface area (Å²) in [5, 5.41) is 9.79. The van der Waals surface area contributed by atoms with E-state index in [4.69, 9.17) is 0 Å². The fourth-order valence-electron chi connectivity index (χ4n) is 0.684. The van der Waals surface area contributed by atoms with Crippen LogP contribution in [0.25, 0.3) is 0 Å². The molecule has 0 spiro atoms. The van der Waals surface area contributed by atoms with Crippen molar-refractivity contribution in [2.24, 2.45) is 10.3 Å². The van der Waals surface area contributed by atoms with Crippen LogP contribution in [0.2, 0.25) is 0 Å². The van der Waals surface area contributed by atoms with Crippen LogP contribution in [0.4, 0.5) is 0 Å². The molecule has 0 unspecified atom stereocenters. The van der Waals surface area contributed by atoms with Crippen molar-refractivity contribution < 1.29 is 0 Å². The third-order valence-electron chi connectivity index (χ3n) is 1.42. The Morgan fingerprint density at radius 3 is 2.67 bits per heavy atom. The van der Waals surface area contributed by atoms with Crippen molar-refractivity contribution in [3.05, 3.63) is 0 Å². The van der Waals surface area contributed by atoms with Gasteiger partial charge in [0.2, 0.25) is 0 Å². The van der Waals surface area contributed by atoms with Crippen LogP contribution in [0.3, 0.4) is 0 Å². The van der Waals surface area contributed by atoms with Crippen LogP contribution >= 0.6 is 0 Å². The van der Waals surface area contributed by atoms with E-state index in [0.717, 1.165) is 6.54 Å². The number of hydrogen-bond donors (Lipinski definition) is 0. The van der Waals surface area contributed by atoms with Crippen molar-refractivity contribution in [1.82, 2.24) is 5.01 Å². The molecule has 0 saturated heterocycles. The van der Waals surface area contributed by atoms with Crippen LogP contribution in [0.5, 0.6) is 0 Å². The Morgan fingerprint density at radius 1 is 1.56 bits per heavy atom. The van der Waals surface area contributed by atoms with E-state index in [1.807, 2.05) is 19.0 Å². The molecule has 9 heavy (non-hydrogen) atoms. The molecule has 0 bridgehead atoms. The topological polar surface area (TPSA) is 28.0 Å². The molecule has 52 valence electrons. The molecule has 1 rings (SSSR count). The zero-order valence-electron chi connectivity index (χ0n) is 6.04. The van der Waals surface area contributed by atoms with Crippen LogP contribution in [0, 0.1) is 0 Å². The first kappa shape index (κ1) is 6.52. The van der Waals surface area contributed by atoms with Gasteiger partial charge in [0.1, 0.15) is 0 Å². The predicted octanol–water partition coefficient (Wildman–Crippen LogP) is 1.47. The Hall–Kier alpha value is -0.600. The summed E-state index contributed by atoms with van der Waals surface area (Å²) in [5.74, 6) is 0. The molecular formula is C6H13N3. The van der Waals surface area contributed by atoms with E-state index < -0.39 is 0 Å². The minimum Gasteiger partial charge on any atom is -0.279 e. The van der Waals surface area contributed by atoms with Gasteiger partial charge in [0.25, 0.3) is 0 Å². The molecule has 0 atom stereocenters. The van der Waals surface area contributed by atoms with Crippen LogP contribution in [-0.2, 0) is 0 Å². The first-order valence-corrected chi connectivity index (χ1v) is 3.45. The second-order valence-electron chi connectivity index (χ2n) is 2.35. The minimum atomic E-state index is 0.695. The van der Waals surface area contributed by atoms with E-state index in [9.17, 15) is 0 Å². The van der Waals surface area contributed by atoms with Crippen LogP contribution in [-0.4, -0.2) is 24.6 Å². The zero-order chi connectivity index (χ0) is 6.69. The summed E-state index contributed by atoms with van der Waals surface area (Å²) >= 11 is 0. The van der Waals surface area contributed by atoms with Gasteiger partial charge in [-0.1, -0.05) is 5.22 Å². The lowest BCUT2D eigenvalue weighted by atomic mass is 10.7. The highest BCUT2D eigenvalue weighted by Gasteiger charge is 2.25. The summed E-state index contributed by atoms with van der Waals surface area (Å²) < 4.78 is 0. The molecule has 0 aliphatic heterocycles. The molecular weight excluding hydrogens is 114 g/mol. The lowest BCUT2D eigenvalue weighted by molar-refractivity contribution is 0.316. The summed E-state index contributed by atoms with van der Waals surface area (Å²) in [6, 6.07) is 0.695. The monoisotopic (exact) mass is 127 g/mol. The van der Waals surface area contributed by atoms with Gasteiger partial charge in [-0.05, 0) is 19.8 Å². The van der Waals surface area contributed by atoms with Crippen molar-refractivity contribution in [3.8, 4) is 0 Å². The summed E-state index contributed by atoms with van der Waals surface area (Å²) in [6.07, 6.45) is 2.58. The van der Waals surface area contributed by atoms with E-state index >= 15 is 0 Å². The third-order valence-corrected chi connectivity index (χ3v) is 1.42. The Labute approximate surface area is 55.7 Å². The summed E-state index contributed by atoms with van der Waals surface area (Å²) in [6.45, 7) is 2.78. The van der Waals surface area contributed by atoms with Crippen LogP contribution in [0.15, 0.2) is 10.3 Å². The van der Waals surface area contributed by atoms with E-state index in [1.165, 1.54) is 12.8 Å². The van der Waals surface area contributed by atoms with Crippen molar-refractivity contribution in [2.75, 3.05) is 13.6 Å². The minimum absolute atomic E-state index is 0.695. The Morgan fingerprint density at radius 2 is 2.22 bits per heavy atom. The second kappa shape index (κ2) is 2.80. The van der Waals surface area contributed by atoms with Gasteiger partial charge < -0.3 is 0 Å². The second-order valence-corrected chi connectivity index (χ2v) is 2.35. The Bertz CT molecular complexity index is 107. The van der Waals surface area contributed by atoms with E-state index in [2.05, 4.69) is 10.3 Å². The molecule has 1 aliphatic rings. The SMILES string of the molecule is CCN=NN(C)C1CC1. The lowest BCUT2D eigenvalue weighted by Gasteiger charge is -2.07. The Kier molecular flexibility index (Phi) is 2.03. The fraction of sp³-hybridized carbons (Fsp3) is 1.00. The van der Waals surface area contributed by atoms with Crippen molar-refractivity contribution in [2.45, 2.75) is 25.8 Å². The summed E-state index contributed by atoms with van der Waals surface area (Å²) in [7, 11) is 1.98. The first-order chi connectivity index (χ1) is 4.34. The van der Waals surface area contributed by atoms with Crippen LogP contribution < -0.4 is 0 Å². The largest absolute Gasteiger partial charge is 0.279 e. The molecule has 0 N–H and O–H groups in total. The smallest absolute Gasteiger partial charge is 0.0592 e. The average Bonchev–Trinajstić information content (AvgIpc) is 2.63. The molecule has 0 heterocycles. The molecule has 0 radical (unpaired) electrons. The molecule has 0 amide bonds. The van der Waals surface area contributed by atoms with Crippen molar-refractivity contribution >= 4 is 0 Å². The van der Waals surface area contributed by atoms with Crippen molar-refractivity contribution in [3.63, 3.8) is 0 Å². The maximum absolute atomic E-state index is 3.96. The summed E-state index contributed by atoms with van der Waals surface area (Å²) in [5.41, 5.74) is 0. The van der Waals surface area contributed by atoms with Gasteiger partial charge in [0.15, 0.2) is 0 Å². The highest BCUT2D eigenvalue weighted by molar-refractivity contribution is 4.79. The number of hydrogen-bond acceptors (Lipinski definition) is 2. The van der Waals surface area contributed by atoms with E-state index in [1.54, 1.807) is 0 Å². The van der Waals surface area contributed by atoms with Gasteiger partial charge in [0, 0.05) is 13.1 Å². The number of rotatable bonds is 3. The maximum atomic E-state index is 3.96. The zero-order valence-corrected chi connectivity index (χ0v) is 6.04. The van der Waals surface area contributed by atoms with Gasteiger partial charge in [-0.15, -0.1) is 0 Å². The Balaban J connectivity index is 2.16. The molecule has 3 nitrogen and oxygen atoms in total. The standard InChI is InChI=1S/C6H13N3/c1-3-7-8-9(2)6-4-5-6/h6H,3-5H2,1-2H3. The lowest BCUT2D eigenvalue weighted by Crippen LogP contribution is -2.11. The number of nitrogens with zero attached hydrogens (tertiary/aromatic N) is 3. The van der Waals surface area contributed by atoms with Gasteiger partial charge in [-0.25, -0.2) is 0 Å². The van der Waals surface area contributed by atoms with E-state index in [-0.39, 0.29) is 0 Å². The predicted molar refractivity (Wildman–Crippen MR) is 36.2 cm³/mol. The molecule has 1 fully saturated rings. The van der Waals surface area contributed by atoms with Gasteiger partial charge in [0.05, 0.1) is 6.54 Å². The van der Waals surface area contributed by atoms with Gasteiger partial charge in [-0.2, -0.15) is 5.11 Å². The fourth-order valence-corrected chi connectivity index (χ4v) is 0.684. The molecule has 3 heteroatoms. The molecule has 1 aliphatic carbocycles. The average molecular weight is 127 g/mol. The van der Waals surface area contributed by atoms with Crippen molar-refractivity contribution in [1.29, 1.82) is 0 Å². The highest BCUT2D eigenvalue weighted by Crippen LogP contribution is 2.25.